The van der Waals surface area contributed by atoms with Gasteiger partial charge in [0.25, 0.3) is 11.6 Å². The molecular weight excluding hydrogens is 298 g/mol. The first-order chi connectivity index (χ1) is 10.8. The summed E-state index contributed by atoms with van der Waals surface area (Å²) < 4.78 is 5.81. The Bertz CT molecular complexity index is 781. The molecule has 1 unspecified atom stereocenters. The number of fused-ring (bicyclic) bond motifs is 1. The molecule has 122 valence electrons. The second-order valence-corrected chi connectivity index (χ2v) is 6.56. The number of benzene rings is 1. The third-order valence-corrected chi connectivity index (χ3v) is 3.92. The van der Waals surface area contributed by atoms with Gasteiger partial charge in [0.1, 0.15) is 11.2 Å². The van der Waals surface area contributed by atoms with Gasteiger partial charge in [0, 0.05) is 24.5 Å². The number of aromatic nitrogens is 1. The molecule has 1 aromatic heterocycles. The quantitative estimate of drug-likeness (QED) is 0.681. The van der Waals surface area contributed by atoms with Crippen LogP contribution in [0.15, 0.2) is 24.3 Å². The molecule has 1 aliphatic rings. The van der Waals surface area contributed by atoms with Crippen LogP contribution in [0.5, 0.6) is 0 Å². The zero-order valence-electron chi connectivity index (χ0n) is 13.3. The van der Waals surface area contributed by atoms with E-state index in [-0.39, 0.29) is 17.7 Å². The lowest BCUT2D eigenvalue weighted by Crippen LogP contribution is -2.53. The van der Waals surface area contributed by atoms with Gasteiger partial charge in [-0.25, -0.2) is 0 Å². The third kappa shape index (κ3) is 2.92. The van der Waals surface area contributed by atoms with Gasteiger partial charge >= 0.3 is 0 Å². The molecule has 7 nitrogen and oxygen atoms in total. The first-order valence-electron chi connectivity index (χ1n) is 7.50. The monoisotopic (exact) mass is 317 g/mol. The molecule has 0 saturated carbocycles. The SMILES string of the molecule is CC1CN(C(=O)c2cc3cccc([N+](=O)[O-])c3[nH]2)CC(C)(C)O1. The van der Waals surface area contributed by atoms with Crippen molar-refractivity contribution in [1.29, 1.82) is 0 Å². The molecule has 0 radical (unpaired) electrons. The van der Waals surface area contributed by atoms with Crippen molar-refractivity contribution >= 4 is 22.5 Å². The van der Waals surface area contributed by atoms with Crippen molar-refractivity contribution in [1.82, 2.24) is 9.88 Å². The van der Waals surface area contributed by atoms with E-state index >= 15 is 0 Å². The van der Waals surface area contributed by atoms with E-state index in [1.54, 1.807) is 23.1 Å². The van der Waals surface area contributed by atoms with Crippen molar-refractivity contribution in [3.63, 3.8) is 0 Å². The highest BCUT2D eigenvalue weighted by Gasteiger charge is 2.34. The molecule has 2 heterocycles. The minimum Gasteiger partial charge on any atom is -0.369 e. The minimum atomic E-state index is -0.451. The second-order valence-electron chi connectivity index (χ2n) is 6.56. The van der Waals surface area contributed by atoms with Gasteiger partial charge in [-0.1, -0.05) is 12.1 Å². The topological polar surface area (TPSA) is 88.5 Å². The fourth-order valence-corrected chi connectivity index (χ4v) is 3.19. The van der Waals surface area contributed by atoms with E-state index in [9.17, 15) is 14.9 Å². The van der Waals surface area contributed by atoms with Gasteiger partial charge in [-0.2, -0.15) is 0 Å². The van der Waals surface area contributed by atoms with Crippen LogP contribution < -0.4 is 0 Å². The number of amides is 1. The van der Waals surface area contributed by atoms with Crippen LogP contribution in [-0.4, -0.2) is 45.5 Å². The van der Waals surface area contributed by atoms with Crippen molar-refractivity contribution in [3.05, 3.63) is 40.1 Å². The number of nitro groups is 1. The van der Waals surface area contributed by atoms with Gasteiger partial charge in [-0.15, -0.1) is 0 Å². The fourth-order valence-electron chi connectivity index (χ4n) is 3.19. The zero-order chi connectivity index (χ0) is 16.8. The first kappa shape index (κ1) is 15.5. The summed E-state index contributed by atoms with van der Waals surface area (Å²) in [4.78, 5) is 28.0. The summed E-state index contributed by atoms with van der Waals surface area (Å²) in [5.74, 6) is -0.168. The fraction of sp³-hybridized carbons (Fsp3) is 0.438. The van der Waals surface area contributed by atoms with Gasteiger partial charge in [-0.3, -0.25) is 14.9 Å². The number of para-hydroxylation sites is 1. The summed E-state index contributed by atoms with van der Waals surface area (Å²) in [6.07, 6.45) is -0.0542. The number of hydrogen-bond acceptors (Lipinski definition) is 4. The largest absolute Gasteiger partial charge is 0.369 e. The number of carbonyl (C=O) groups excluding carboxylic acids is 1. The lowest BCUT2D eigenvalue weighted by molar-refractivity contribution is -0.383. The van der Waals surface area contributed by atoms with Gasteiger partial charge in [-0.05, 0) is 26.8 Å². The Labute approximate surface area is 133 Å². The maximum absolute atomic E-state index is 12.8. The minimum absolute atomic E-state index is 0.0303. The number of rotatable bonds is 2. The molecule has 1 amide bonds. The summed E-state index contributed by atoms with van der Waals surface area (Å²) >= 11 is 0. The van der Waals surface area contributed by atoms with E-state index in [0.29, 0.717) is 29.7 Å². The van der Waals surface area contributed by atoms with Crippen LogP contribution in [0.2, 0.25) is 0 Å². The molecule has 2 aromatic rings. The lowest BCUT2D eigenvalue weighted by atomic mass is 10.1. The van der Waals surface area contributed by atoms with Crippen LogP contribution in [0.4, 0.5) is 5.69 Å². The third-order valence-electron chi connectivity index (χ3n) is 3.92. The van der Waals surface area contributed by atoms with Crippen LogP contribution in [0.1, 0.15) is 31.3 Å². The number of nitrogens with one attached hydrogen (secondary N) is 1. The van der Waals surface area contributed by atoms with E-state index in [1.807, 2.05) is 20.8 Å². The molecule has 7 heteroatoms. The van der Waals surface area contributed by atoms with Crippen LogP contribution >= 0.6 is 0 Å². The molecule has 1 N–H and O–H groups in total. The summed E-state index contributed by atoms with van der Waals surface area (Å²) in [7, 11) is 0. The average molecular weight is 317 g/mol. The number of H-pyrrole nitrogens is 1. The smallest absolute Gasteiger partial charge is 0.293 e. The first-order valence-corrected chi connectivity index (χ1v) is 7.50. The van der Waals surface area contributed by atoms with E-state index in [0.717, 1.165) is 0 Å². The Morgan fingerprint density at radius 2 is 2.22 bits per heavy atom. The number of nitrogens with zero attached hydrogens (tertiary/aromatic N) is 2. The Morgan fingerprint density at radius 3 is 2.87 bits per heavy atom. The van der Waals surface area contributed by atoms with Crippen LogP contribution in [0.3, 0.4) is 0 Å². The molecular formula is C16H19N3O4. The summed E-state index contributed by atoms with van der Waals surface area (Å²) in [5.41, 5.74) is 0.295. The van der Waals surface area contributed by atoms with Gasteiger partial charge in [0.2, 0.25) is 0 Å². The molecule has 3 rings (SSSR count). The van der Waals surface area contributed by atoms with Gasteiger partial charge in [0.05, 0.1) is 16.6 Å². The average Bonchev–Trinajstić information content (AvgIpc) is 2.87. The molecule has 1 fully saturated rings. The van der Waals surface area contributed by atoms with Crippen LogP contribution in [0.25, 0.3) is 10.9 Å². The van der Waals surface area contributed by atoms with E-state index < -0.39 is 10.5 Å². The maximum Gasteiger partial charge on any atom is 0.293 e. The number of ether oxygens (including phenoxy) is 1. The van der Waals surface area contributed by atoms with E-state index in [4.69, 9.17) is 4.74 Å². The Kier molecular flexibility index (Phi) is 3.60. The number of non-ortho nitro benzene ring substituents is 1. The van der Waals surface area contributed by atoms with Crippen molar-refractivity contribution in [2.24, 2.45) is 0 Å². The number of morpholine rings is 1. The van der Waals surface area contributed by atoms with Crippen molar-refractivity contribution in [2.45, 2.75) is 32.5 Å². The van der Waals surface area contributed by atoms with Crippen molar-refractivity contribution in [3.8, 4) is 0 Å². The van der Waals surface area contributed by atoms with Gasteiger partial charge in [0.15, 0.2) is 0 Å². The summed E-state index contributed by atoms with van der Waals surface area (Å²) in [6, 6.07) is 6.45. The van der Waals surface area contributed by atoms with Crippen molar-refractivity contribution in [2.75, 3.05) is 13.1 Å². The number of carbonyl (C=O) groups is 1. The van der Waals surface area contributed by atoms with Gasteiger partial charge < -0.3 is 14.6 Å². The molecule has 1 aromatic carbocycles. The molecule has 0 bridgehead atoms. The molecule has 1 aliphatic heterocycles. The predicted molar refractivity (Wildman–Crippen MR) is 85.5 cm³/mol. The molecule has 1 atom stereocenters. The summed E-state index contributed by atoms with van der Waals surface area (Å²) in [5, 5.41) is 11.8. The maximum atomic E-state index is 12.8. The number of hydrogen-bond donors (Lipinski definition) is 1. The Hall–Kier alpha value is -2.41. The normalized spacial score (nSPS) is 20.7. The van der Waals surface area contributed by atoms with E-state index in [2.05, 4.69) is 4.98 Å². The predicted octanol–water partition coefficient (Wildman–Crippen LogP) is 2.72. The Balaban J connectivity index is 1.95. The molecule has 0 spiro atoms. The Morgan fingerprint density at radius 1 is 1.48 bits per heavy atom. The molecule has 23 heavy (non-hydrogen) atoms. The highest BCUT2D eigenvalue weighted by molar-refractivity contribution is 6.00. The number of aromatic amines is 1. The second kappa shape index (κ2) is 5.34. The van der Waals surface area contributed by atoms with Crippen LogP contribution in [0, 0.1) is 10.1 Å². The lowest BCUT2D eigenvalue weighted by Gasteiger charge is -2.41. The van der Waals surface area contributed by atoms with E-state index in [1.165, 1.54) is 6.07 Å². The highest BCUT2D eigenvalue weighted by Crippen LogP contribution is 2.27. The molecule has 1 saturated heterocycles. The number of nitro benzene ring substituents is 1. The standard InChI is InChI=1S/C16H19N3O4/c1-10-8-18(9-16(2,3)23-10)15(20)12-7-11-5-4-6-13(19(21)22)14(11)17-12/h4-7,10,17H,8-9H2,1-3H3. The van der Waals surface area contributed by atoms with Crippen molar-refractivity contribution < 1.29 is 14.5 Å². The van der Waals surface area contributed by atoms with Crippen LogP contribution in [-0.2, 0) is 4.74 Å². The summed E-state index contributed by atoms with van der Waals surface area (Å²) in [6.45, 7) is 6.79. The highest BCUT2D eigenvalue weighted by atomic mass is 16.6. The zero-order valence-corrected chi connectivity index (χ0v) is 13.3. The molecule has 0 aliphatic carbocycles.